The molecule has 0 saturated heterocycles. The molecule has 23 heavy (non-hydrogen) atoms. The fourth-order valence-electron chi connectivity index (χ4n) is 1.54. The normalized spacial score (nSPS) is 9.26. The lowest BCUT2D eigenvalue weighted by Gasteiger charge is -2.03. The number of benzene rings is 2. The van der Waals surface area contributed by atoms with Crippen LogP contribution in [0.2, 0.25) is 0 Å². The predicted molar refractivity (Wildman–Crippen MR) is 79.8 cm³/mol. The molecular weight excluding hydrogens is 304 g/mol. The Morgan fingerprint density at radius 3 is 1.74 bits per heavy atom. The van der Waals surface area contributed by atoms with Crippen LogP contribution in [0.15, 0.2) is 48.5 Å². The van der Waals surface area contributed by atoms with Crippen LogP contribution in [-0.2, 0) is 4.79 Å². The molecular formula is C16H14O7. The lowest BCUT2D eigenvalue weighted by Crippen LogP contribution is -2.06. The van der Waals surface area contributed by atoms with Crippen molar-refractivity contribution in [1.29, 1.82) is 0 Å². The van der Waals surface area contributed by atoms with Crippen molar-refractivity contribution in [3.05, 3.63) is 59.7 Å². The summed E-state index contributed by atoms with van der Waals surface area (Å²) in [5.41, 5.74) is -0.0831. The van der Waals surface area contributed by atoms with Gasteiger partial charge in [0.25, 0.3) is 0 Å². The number of carbonyl (C=O) groups is 3. The molecule has 0 bridgehead atoms. The molecule has 0 aromatic heterocycles. The van der Waals surface area contributed by atoms with E-state index in [9.17, 15) is 14.4 Å². The van der Waals surface area contributed by atoms with Crippen LogP contribution in [0.25, 0.3) is 0 Å². The van der Waals surface area contributed by atoms with Crippen LogP contribution in [0.4, 0.5) is 0 Å². The molecule has 0 heterocycles. The highest BCUT2D eigenvalue weighted by Gasteiger charge is 2.11. The first-order valence-corrected chi connectivity index (χ1v) is 6.35. The molecule has 7 nitrogen and oxygen atoms in total. The molecule has 0 aliphatic rings. The van der Waals surface area contributed by atoms with Crippen molar-refractivity contribution in [2.24, 2.45) is 0 Å². The van der Waals surface area contributed by atoms with Gasteiger partial charge in [0.2, 0.25) is 0 Å². The van der Waals surface area contributed by atoms with Gasteiger partial charge >= 0.3 is 17.9 Å². The van der Waals surface area contributed by atoms with Crippen molar-refractivity contribution in [3.63, 3.8) is 0 Å². The number of carboxylic acid groups (broad SMARTS) is 2. The maximum absolute atomic E-state index is 10.6. The highest BCUT2D eigenvalue weighted by atomic mass is 16.5. The largest absolute Gasteiger partial charge is 0.507 e. The Bertz CT molecular complexity index is 722. The van der Waals surface area contributed by atoms with E-state index in [0.29, 0.717) is 0 Å². The number of hydrogen-bond donors (Lipinski definition) is 3. The number of aromatic carboxylic acids is 2. The third-order valence-electron chi connectivity index (χ3n) is 2.51. The molecule has 2 rings (SSSR count). The van der Waals surface area contributed by atoms with Crippen LogP contribution in [-0.4, -0.2) is 33.2 Å². The van der Waals surface area contributed by atoms with E-state index in [1.807, 2.05) is 0 Å². The predicted octanol–water partition coefficient (Wildman–Crippen LogP) is 2.40. The third kappa shape index (κ3) is 5.50. The second-order valence-electron chi connectivity index (χ2n) is 4.22. The molecule has 0 atom stereocenters. The Balaban J connectivity index is 0.000000238. The number of carbonyl (C=O) groups excluding carboxylic acids is 1. The molecule has 0 fully saturated rings. The molecule has 0 aliphatic carbocycles. The molecule has 0 amide bonds. The Hall–Kier alpha value is -3.35. The number of phenols is 1. The zero-order chi connectivity index (χ0) is 17.4. The van der Waals surface area contributed by atoms with Gasteiger partial charge in [0.15, 0.2) is 0 Å². The molecule has 0 saturated carbocycles. The Morgan fingerprint density at radius 1 is 0.826 bits per heavy atom. The fraction of sp³-hybridized carbons (Fsp3) is 0.0625. The standard InChI is InChI=1S/C9H8O4.C7H6O3/c1-6(10)13-8-5-3-2-4-7(8)9(11)12;8-6-4-2-1-3-5(6)7(9)10/h2-5H,1H3,(H,11,12);1-4,8H,(H,9,10). The topological polar surface area (TPSA) is 121 Å². The van der Waals surface area contributed by atoms with Crippen LogP contribution in [0.1, 0.15) is 27.6 Å². The van der Waals surface area contributed by atoms with Crippen molar-refractivity contribution in [2.45, 2.75) is 6.92 Å². The molecule has 0 aliphatic heterocycles. The Kier molecular flexibility index (Phi) is 6.30. The molecule has 2 aromatic rings. The minimum Gasteiger partial charge on any atom is -0.507 e. The van der Waals surface area contributed by atoms with E-state index < -0.39 is 17.9 Å². The molecule has 0 radical (unpaired) electrons. The smallest absolute Gasteiger partial charge is 0.339 e. The minimum atomic E-state index is -1.11. The van der Waals surface area contributed by atoms with E-state index in [1.54, 1.807) is 24.3 Å². The summed E-state index contributed by atoms with van der Waals surface area (Å²) in [5, 5.41) is 26.0. The van der Waals surface area contributed by atoms with Crippen molar-refractivity contribution >= 4 is 17.9 Å². The SMILES string of the molecule is CC(=O)Oc1ccccc1C(=O)O.O=C(O)c1ccccc1O. The zero-order valence-corrected chi connectivity index (χ0v) is 12.1. The van der Waals surface area contributed by atoms with Gasteiger partial charge in [-0.05, 0) is 24.3 Å². The molecule has 0 spiro atoms. The van der Waals surface area contributed by atoms with E-state index in [4.69, 9.17) is 15.3 Å². The zero-order valence-electron chi connectivity index (χ0n) is 12.1. The summed E-state index contributed by atoms with van der Waals surface area (Å²) in [6.07, 6.45) is 0. The molecule has 2 aromatic carbocycles. The van der Waals surface area contributed by atoms with Gasteiger partial charge in [0.1, 0.15) is 22.6 Å². The van der Waals surface area contributed by atoms with Crippen molar-refractivity contribution in [3.8, 4) is 11.5 Å². The Labute approximate surface area is 131 Å². The van der Waals surface area contributed by atoms with Gasteiger partial charge < -0.3 is 20.1 Å². The second kappa shape index (κ2) is 8.18. The van der Waals surface area contributed by atoms with Crippen LogP contribution >= 0.6 is 0 Å². The minimum absolute atomic E-state index is 0.0160. The monoisotopic (exact) mass is 318 g/mol. The Morgan fingerprint density at radius 2 is 1.30 bits per heavy atom. The summed E-state index contributed by atoms with van der Waals surface area (Å²) in [7, 11) is 0. The summed E-state index contributed by atoms with van der Waals surface area (Å²) in [6.45, 7) is 1.22. The van der Waals surface area contributed by atoms with Crippen molar-refractivity contribution in [1.82, 2.24) is 0 Å². The average molecular weight is 318 g/mol. The number of rotatable bonds is 3. The number of aromatic hydroxyl groups is 1. The number of ether oxygens (including phenoxy) is 1. The van der Waals surface area contributed by atoms with Crippen LogP contribution < -0.4 is 4.74 Å². The second-order valence-corrected chi connectivity index (χ2v) is 4.22. The van der Waals surface area contributed by atoms with Gasteiger partial charge in [-0.2, -0.15) is 0 Å². The van der Waals surface area contributed by atoms with Gasteiger partial charge in [-0.3, -0.25) is 4.79 Å². The van der Waals surface area contributed by atoms with Gasteiger partial charge in [-0.1, -0.05) is 24.3 Å². The summed E-state index contributed by atoms with van der Waals surface area (Å²) in [4.78, 5) is 31.4. The summed E-state index contributed by atoms with van der Waals surface area (Å²) >= 11 is 0. The summed E-state index contributed by atoms with van der Waals surface area (Å²) < 4.78 is 4.69. The van der Waals surface area contributed by atoms with Gasteiger partial charge in [0, 0.05) is 6.92 Å². The highest BCUT2D eigenvalue weighted by Crippen LogP contribution is 2.17. The van der Waals surface area contributed by atoms with E-state index in [-0.39, 0.29) is 22.6 Å². The number of para-hydroxylation sites is 2. The maximum atomic E-state index is 10.6. The van der Waals surface area contributed by atoms with Crippen LogP contribution in [0.5, 0.6) is 11.5 Å². The first-order chi connectivity index (χ1) is 10.8. The first-order valence-electron chi connectivity index (χ1n) is 6.35. The quantitative estimate of drug-likeness (QED) is 0.587. The van der Waals surface area contributed by atoms with E-state index >= 15 is 0 Å². The van der Waals surface area contributed by atoms with Crippen LogP contribution in [0, 0.1) is 0 Å². The van der Waals surface area contributed by atoms with E-state index in [0.717, 1.165) is 0 Å². The lowest BCUT2D eigenvalue weighted by molar-refractivity contribution is -0.131. The van der Waals surface area contributed by atoms with Crippen molar-refractivity contribution < 1.29 is 34.4 Å². The average Bonchev–Trinajstić information content (AvgIpc) is 2.47. The van der Waals surface area contributed by atoms with E-state index in [2.05, 4.69) is 4.74 Å². The summed E-state index contributed by atoms with van der Waals surface area (Å²) in [5.74, 6) is -2.89. The number of hydrogen-bond acceptors (Lipinski definition) is 5. The van der Waals surface area contributed by atoms with Gasteiger partial charge in [0.05, 0.1) is 0 Å². The molecule has 7 heteroatoms. The molecule has 120 valence electrons. The van der Waals surface area contributed by atoms with Gasteiger partial charge in [-0.15, -0.1) is 0 Å². The molecule has 0 unspecified atom stereocenters. The first kappa shape index (κ1) is 17.7. The maximum Gasteiger partial charge on any atom is 0.339 e. The third-order valence-corrected chi connectivity index (χ3v) is 2.51. The number of carboxylic acids is 2. The van der Waals surface area contributed by atoms with E-state index in [1.165, 1.54) is 31.2 Å². The molecule has 3 N–H and O–H groups in total. The summed E-state index contributed by atoms with van der Waals surface area (Å²) in [6, 6.07) is 11.8. The van der Waals surface area contributed by atoms with Crippen LogP contribution in [0.3, 0.4) is 0 Å². The highest BCUT2D eigenvalue weighted by molar-refractivity contribution is 5.92. The number of esters is 1. The lowest BCUT2D eigenvalue weighted by atomic mass is 10.2. The van der Waals surface area contributed by atoms with Crippen molar-refractivity contribution in [2.75, 3.05) is 0 Å². The van der Waals surface area contributed by atoms with Gasteiger partial charge in [-0.25, -0.2) is 9.59 Å². The fourth-order valence-corrected chi connectivity index (χ4v) is 1.54.